The normalized spacial score (nSPS) is 14.3. The van der Waals surface area contributed by atoms with Gasteiger partial charge in [-0.05, 0) is 25.8 Å². The molecule has 0 saturated carbocycles. The summed E-state index contributed by atoms with van der Waals surface area (Å²) in [5.74, 6) is 0. The van der Waals surface area contributed by atoms with Gasteiger partial charge in [-0.2, -0.15) is 5.26 Å². The predicted molar refractivity (Wildman–Crippen MR) is 63.8 cm³/mol. The molecule has 0 bridgehead atoms. The predicted octanol–water partition coefficient (Wildman–Crippen LogP) is 1.95. The zero-order chi connectivity index (χ0) is 11.9. The molecule has 0 radical (unpaired) electrons. The quantitative estimate of drug-likeness (QED) is 0.764. The Hall–Kier alpha value is -1.34. The highest BCUT2D eigenvalue weighted by molar-refractivity contribution is 5.05. The number of nitriles is 1. The number of hydrogen-bond acceptors (Lipinski definition) is 3. The molecule has 4 nitrogen and oxygen atoms in total. The fourth-order valence-electron chi connectivity index (χ4n) is 1.89. The van der Waals surface area contributed by atoms with Crippen molar-refractivity contribution in [2.45, 2.75) is 45.2 Å². The Morgan fingerprint density at radius 3 is 2.81 bits per heavy atom. The maximum atomic E-state index is 9.23. The first-order valence-electron chi connectivity index (χ1n) is 5.88. The third-order valence-electron chi connectivity index (χ3n) is 2.91. The molecule has 0 aliphatic rings. The van der Waals surface area contributed by atoms with Gasteiger partial charge in [0, 0.05) is 18.9 Å². The van der Waals surface area contributed by atoms with Gasteiger partial charge >= 0.3 is 0 Å². The standard InChI is InChI=1S/C12H20N4/c1-3-12(10-13,15-4-2)6-5-8-16-9-7-14-11-16/h7,9,11,15H,3-6,8H2,1-2H3. The Morgan fingerprint density at radius 2 is 2.31 bits per heavy atom. The van der Waals surface area contributed by atoms with E-state index in [1.54, 1.807) is 6.20 Å². The largest absolute Gasteiger partial charge is 0.337 e. The summed E-state index contributed by atoms with van der Waals surface area (Å²) in [6.07, 6.45) is 8.26. The van der Waals surface area contributed by atoms with Gasteiger partial charge in [0.2, 0.25) is 0 Å². The Kier molecular flexibility index (Phi) is 5.00. The number of aryl methyl sites for hydroxylation is 1. The van der Waals surface area contributed by atoms with Crippen molar-refractivity contribution in [3.8, 4) is 6.07 Å². The molecule has 1 heterocycles. The minimum Gasteiger partial charge on any atom is -0.337 e. The Labute approximate surface area is 97.3 Å². The fraction of sp³-hybridized carbons (Fsp3) is 0.667. The lowest BCUT2D eigenvalue weighted by atomic mass is 9.92. The molecule has 1 aromatic rings. The van der Waals surface area contributed by atoms with Crippen molar-refractivity contribution >= 4 is 0 Å². The van der Waals surface area contributed by atoms with Gasteiger partial charge < -0.3 is 4.57 Å². The highest BCUT2D eigenvalue weighted by Gasteiger charge is 2.25. The number of hydrogen-bond donors (Lipinski definition) is 1. The number of imidazole rings is 1. The molecule has 0 fully saturated rings. The maximum Gasteiger partial charge on any atom is 0.106 e. The van der Waals surface area contributed by atoms with Crippen molar-refractivity contribution in [1.29, 1.82) is 5.26 Å². The Morgan fingerprint density at radius 1 is 1.50 bits per heavy atom. The number of rotatable bonds is 7. The molecule has 4 heteroatoms. The summed E-state index contributed by atoms with van der Waals surface area (Å²) in [5.41, 5.74) is -0.352. The zero-order valence-corrected chi connectivity index (χ0v) is 10.1. The SMILES string of the molecule is CCNC(C#N)(CC)CCCn1ccnc1. The summed E-state index contributed by atoms with van der Waals surface area (Å²) in [6.45, 7) is 5.86. The summed E-state index contributed by atoms with van der Waals surface area (Å²) in [7, 11) is 0. The van der Waals surface area contributed by atoms with Crippen LogP contribution < -0.4 is 5.32 Å². The number of nitrogens with zero attached hydrogens (tertiary/aromatic N) is 3. The van der Waals surface area contributed by atoms with Gasteiger partial charge in [-0.25, -0.2) is 4.98 Å². The molecule has 1 N–H and O–H groups in total. The van der Waals surface area contributed by atoms with Crippen molar-refractivity contribution in [3.63, 3.8) is 0 Å². The maximum absolute atomic E-state index is 9.23. The molecule has 1 aromatic heterocycles. The van der Waals surface area contributed by atoms with Crippen LogP contribution in [0.2, 0.25) is 0 Å². The second-order valence-electron chi connectivity index (χ2n) is 3.98. The Balaban J connectivity index is 2.41. The molecule has 16 heavy (non-hydrogen) atoms. The minimum atomic E-state index is -0.352. The summed E-state index contributed by atoms with van der Waals surface area (Å²) < 4.78 is 2.05. The van der Waals surface area contributed by atoms with E-state index in [-0.39, 0.29) is 5.54 Å². The van der Waals surface area contributed by atoms with Crippen LogP contribution in [0.25, 0.3) is 0 Å². The summed E-state index contributed by atoms with van der Waals surface area (Å²) in [4.78, 5) is 4.00. The van der Waals surface area contributed by atoms with E-state index >= 15 is 0 Å². The monoisotopic (exact) mass is 220 g/mol. The molecule has 1 rings (SSSR count). The third kappa shape index (κ3) is 3.35. The van der Waals surface area contributed by atoms with E-state index in [1.165, 1.54) is 0 Å². The molecule has 1 unspecified atom stereocenters. The molecule has 0 saturated heterocycles. The third-order valence-corrected chi connectivity index (χ3v) is 2.91. The Bertz CT molecular complexity index is 325. The average molecular weight is 220 g/mol. The topological polar surface area (TPSA) is 53.6 Å². The van der Waals surface area contributed by atoms with Gasteiger partial charge in [-0.3, -0.25) is 5.32 Å². The first-order chi connectivity index (χ1) is 7.76. The summed E-state index contributed by atoms with van der Waals surface area (Å²) >= 11 is 0. The van der Waals surface area contributed by atoms with Crippen LogP contribution in [-0.2, 0) is 6.54 Å². The second-order valence-corrected chi connectivity index (χ2v) is 3.98. The zero-order valence-electron chi connectivity index (χ0n) is 10.1. The summed E-state index contributed by atoms with van der Waals surface area (Å²) in [6, 6.07) is 2.41. The van der Waals surface area contributed by atoms with Gasteiger partial charge in [0.25, 0.3) is 0 Å². The molecule has 88 valence electrons. The first kappa shape index (κ1) is 12.7. The van der Waals surface area contributed by atoms with Crippen LogP contribution in [0.3, 0.4) is 0 Å². The van der Waals surface area contributed by atoms with E-state index < -0.39 is 0 Å². The van der Waals surface area contributed by atoms with E-state index in [9.17, 15) is 5.26 Å². The molecule has 0 aliphatic heterocycles. The van der Waals surface area contributed by atoms with Crippen molar-refractivity contribution in [2.24, 2.45) is 0 Å². The minimum absolute atomic E-state index is 0.352. The van der Waals surface area contributed by atoms with E-state index in [0.29, 0.717) is 0 Å². The highest BCUT2D eigenvalue weighted by atomic mass is 15.0. The summed E-state index contributed by atoms with van der Waals surface area (Å²) in [5, 5.41) is 12.5. The van der Waals surface area contributed by atoms with Gasteiger partial charge in [-0.15, -0.1) is 0 Å². The van der Waals surface area contributed by atoms with E-state index in [2.05, 4.69) is 23.3 Å². The van der Waals surface area contributed by atoms with Crippen molar-refractivity contribution in [1.82, 2.24) is 14.9 Å². The van der Waals surface area contributed by atoms with E-state index in [4.69, 9.17) is 0 Å². The molecule has 0 aliphatic carbocycles. The van der Waals surface area contributed by atoms with Crippen molar-refractivity contribution < 1.29 is 0 Å². The van der Waals surface area contributed by atoms with E-state index in [1.807, 2.05) is 24.0 Å². The molecular weight excluding hydrogens is 200 g/mol. The molecule has 0 spiro atoms. The van der Waals surface area contributed by atoms with Gasteiger partial charge in [0.1, 0.15) is 5.54 Å². The number of aromatic nitrogens is 2. The molecule has 0 aromatic carbocycles. The van der Waals surface area contributed by atoms with Crippen molar-refractivity contribution in [3.05, 3.63) is 18.7 Å². The van der Waals surface area contributed by atoms with Crippen LogP contribution in [0.4, 0.5) is 0 Å². The lowest BCUT2D eigenvalue weighted by Crippen LogP contribution is -2.43. The second kappa shape index (κ2) is 6.29. The molecule has 1 atom stereocenters. The van der Waals surface area contributed by atoms with Crippen LogP contribution in [0.1, 0.15) is 33.1 Å². The smallest absolute Gasteiger partial charge is 0.106 e. The van der Waals surface area contributed by atoms with Crippen LogP contribution >= 0.6 is 0 Å². The lowest BCUT2D eigenvalue weighted by Gasteiger charge is -2.26. The van der Waals surface area contributed by atoms with Crippen LogP contribution in [0.15, 0.2) is 18.7 Å². The van der Waals surface area contributed by atoms with E-state index in [0.717, 1.165) is 32.4 Å². The lowest BCUT2D eigenvalue weighted by molar-refractivity contribution is 0.362. The van der Waals surface area contributed by atoms with Gasteiger partial charge in [0.15, 0.2) is 0 Å². The van der Waals surface area contributed by atoms with Crippen LogP contribution in [-0.4, -0.2) is 21.6 Å². The molecule has 0 amide bonds. The average Bonchev–Trinajstić information content (AvgIpc) is 2.81. The fourth-order valence-corrected chi connectivity index (χ4v) is 1.89. The number of nitrogens with one attached hydrogen (secondary N) is 1. The van der Waals surface area contributed by atoms with Crippen molar-refractivity contribution in [2.75, 3.05) is 6.54 Å². The van der Waals surface area contributed by atoms with Gasteiger partial charge in [0.05, 0.1) is 12.4 Å². The first-order valence-corrected chi connectivity index (χ1v) is 5.88. The van der Waals surface area contributed by atoms with Crippen LogP contribution in [0.5, 0.6) is 0 Å². The highest BCUT2D eigenvalue weighted by Crippen LogP contribution is 2.16. The molecular formula is C12H20N4. The van der Waals surface area contributed by atoms with Crippen LogP contribution in [0, 0.1) is 11.3 Å². The van der Waals surface area contributed by atoms with Gasteiger partial charge in [-0.1, -0.05) is 13.8 Å².